The normalized spacial score (nSPS) is 10.7. The van der Waals surface area contributed by atoms with Crippen LogP contribution in [0.2, 0.25) is 10.0 Å². The van der Waals surface area contributed by atoms with Crippen molar-refractivity contribution in [3.8, 4) is 0 Å². The lowest BCUT2D eigenvalue weighted by Gasteiger charge is -2.07. The van der Waals surface area contributed by atoms with E-state index >= 15 is 0 Å². The first-order chi connectivity index (χ1) is 8.56. The first-order valence-corrected chi connectivity index (χ1v) is 6.33. The molecule has 94 valence electrons. The minimum absolute atomic E-state index is 0.201. The van der Waals surface area contributed by atoms with Crippen LogP contribution in [-0.2, 0) is 6.54 Å². The zero-order valence-corrected chi connectivity index (χ0v) is 11.6. The predicted molar refractivity (Wildman–Crippen MR) is 72.5 cm³/mol. The highest BCUT2D eigenvalue weighted by Gasteiger charge is 2.21. The molecule has 0 atom stereocenters. The minimum Gasteiger partial charge on any atom is -0.287 e. The maximum atomic E-state index is 12.5. The summed E-state index contributed by atoms with van der Waals surface area (Å²) in [6, 6.07) is 5.36. The highest BCUT2D eigenvalue weighted by atomic mass is 35.5. The Bertz CT molecular complexity index is 605. The number of ketones is 1. The van der Waals surface area contributed by atoms with E-state index in [4.69, 9.17) is 23.2 Å². The monoisotopic (exact) mass is 282 g/mol. The van der Waals surface area contributed by atoms with E-state index in [9.17, 15) is 4.79 Å². The summed E-state index contributed by atoms with van der Waals surface area (Å²) in [6.07, 6.45) is 1.47. The number of benzene rings is 1. The van der Waals surface area contributed by atoms with Gasteiger partial charge in [-0.05, 0) is 25.5 Å². The second-order valence-electron chi connectivity index (χ2n) is 3.92. The summed E-state index contributed by atoms with van der Waals surface area (Å²) < 4.78 is 1.57. The SMILES string of the molecule is CCn1ncc(Cl)c1C(=O)c1cccc(C)c1Cl. The van der Waals surface area contributed by atoms with Crippen molar-refractivity contribution in [2.24, 2.45) is 0 Å². The fourth-order valence-electron chi connectivity index (χ4n) is 1.78. The Morgan fingerprint density at radius 2 is 2.11 bits per heavy atom. The van der Waals surface area contributed by atoms with E-state index in [0.29, 0.717) is 27.8 Å². The second-order valence-corrected chi connectivity index (χ2v) is 4.71. The number of carbonyl (C=O) groups excluding carboxylic acids is 1. The Morgan fingerprint density at radius 1 is 1.39 bits per heavy atom. The van der Waals surface area contributed by atoms with Crippen molar-refractivity contribution in [3.05, 3.63) is 51.3 Å². The average molecular weight is 283 g/mol. The van der Waals surface area contributed by atoms with Gasteiger partial charge >= 0.3 is 0 Å². The van der Waals surface area contributed by atoms with Crippen molar-refractivity contribution in [3.63, 3.8) is 0 Å². The molecule has 0 saturated carbocycles. The molecule has 0 fully saturated rings. The molecular formula is C13H12Cl2N2O. The van der Waals surface area contributed by atoms with Crippen LogP contribution >= 0.6 is 23.2 Å². The molecule has 0 amide bonds. The summed E-state index contributed by atoms with van der Waals surface area (Å²) in [5.74, 6) is -0.201. The van der Waals surface area contributed by atoms with E-state index in [1.807, 2.05) is 19.9 Å². The number of nitrogens with zero attached hydrogens (tertiary/aromatic N) is 2. The third kappa shape index (κ3) is 2.16. The maximum Gasteiger partial charge on any atom is 0.214 e. The van der Waals surface area contributed by atoms with Gasteiger partial charge in [0.15, 0.2) is 0 Å². The molecule has 2 aromatic rings. The Morgan fingerprint density at radius 3 is 2.78 bits per heavy atom. The van der Waals surface area contributed by atoms with Crippen molar-refractivity contribution >= 4 is 29.0 Å². The fourth-order valence-corrected chi connectivity index (χ4v) is 2.22. The summed E-state index contributed by atoms with van der Waals surface area (Å²) in [6.45, 7) is 4.34. The van der Waals surface area contributed by atoms with Crippen LogP contribution in [0.4, 0.5) is 0 Å². The summed E-state index contributed by atoms with van der Waals surface area (Å²) in [7, 11) is 0. The first-order valence-electron chi connectivity index (χ1n) is 5.57. The number of rotatable bonds is 3. The number of hydrogen-bond acceptors (Lipinski definition) is 2. The van der Waals surface area contributed by atoms with E-state index < -0.39 is 0 Å². The Hall–Kier alpha value is -1.32. The molecule has 1 heterocycles. The third-order valence-corrected chi connectivity index (χ3v) is 3.52. The standard InChI is InChI=1S/C13H12Cl2N2O/c1-3-17-12(10(14)7-16-17)13(18)9-6-4-5-8(2)11(9)15/h4-7H,3H2,1-2H3. The molecule has 0 aliphatic heterocycles. The summed E-state index contributed by atoms with van der Waals surface area (Å²) in [5.41, 5.74) is 1.70. The fraction of sp³-hybridized carbons (Fsp3) is 0.231. The van der Waals surface area contributed by atoms with Gasteiger partial charge in [-0.15, -0.1) is 0 Å². The second kappa shape index (κ2) is 5.12. The summed E-state index contributed by atoms with van der Waals surface area (Å²) in [5, 5.41) is 4.86. The van der Waals surface area contributed by atoms with E-state index in [1.54, 1.807) is 16.8 Å². The van der Waals surface area contributed by atoms with Crippen LogP contribution in [-0.4, -0.2) is 15.6 Å². The molecule has 18 heavy (non-hydrogen) atoms. The van der Waals surface area contributed by atoms with E-state index in [2.05, 4.69) is 5.10 Å². The number of halogens is 2. The number of hydrogen-bond donors (Lipinski definition) is 0. The lowest BCUT2D eigenvalue weighted by molar-refractivity contribution is 0.102. The van der Waals surface area contributed by atoms with Crippen LogP contribution in [0.15, 0.2) is 24.4 Å². The molecule has 0 N–H and O–H groups in total. The van der Waals surface area contributed by atoms with Crippen molar-refractivity contribution in [2.75, 3.05) is 0 Å². The minimum atomic E-state index is -0.201. The van der Waals surface area contributed by atoms with E-state index in [-0.39, 0.29) is 5.78 Å². The smallest absolute Gasteiger partial charge is 0.214 e. The van der Waals surface area contributed by atoms with E-state index in [0.717, 1.165) is 5.56 Å². The number of aryl methyl sites for hydroxylation is 2. The van der Waals surface area contributed by atoms with Gasteiger partial charge in [-0.25, -0.2) is 0 Å². The number of aromatic nitrogens is 2. The molecular weight excluding hydrogens is 271 g/mol. The van der Waals surface area contributed by atoms with Crippen LogP contribution in [0.25, 0.3) is 0 Å². The van der Waals surface area contributed by atoms with Gasteiger partial charge < -0.3 is 0 Å². The van der Waals surface area contributed by atoms with Crippen LogP contribution < -0.4 is 0 Å². The highest BCUT2D eigenvalue weighted by Crippen LogP contribution is 2.26. The van der Waals surface area contributed by atoms with Crippen molar-refractivity contribution in [1.82, 2.24) is 9.78 Å². The van der Waals surface area contributed by atoms with Gasteiger partial charge in [-0.3, -0.25) is 9.48 Å². The van der Waals surface area contributed by atoms with Gasteiger partial charge in [0.05, 0.1) is 16.2 Å². The predicted octanol–water partition coefficient (Wildman–Crippen LogP) is 3.75. The van der Waals surface area contributed by atoms with Crippen LogP contribution in [0.1, 0.15) is 28.5 Å². The summed E-state index contributed by atoms with van der Waals surface area (Å²) in [4.78, 5) is 12.5. The van der Waals surface area contributed by atoms with Gasteiger partial charge in [-0.2, -0.15) is 5.10 Å². The van der Waals surface area contributed by atoms with Crippen molar-refractivity contribution < 1.29 is 4.79 Å². The molecule has 2 rings (SSSR count). The Labute approximate surface area is 115 Å². The number of carbonyl (C=O) groups is 1. The highest BCUT2D eigenvalue weighted by molar-refractivity contribution is 6.38. The lowest BCUT2D eigenvalue weighted by atomic mass is 10.1. The molecule has 0 bridgehead atoms. The van der Waals surface area contributed by atoms with Crippen molar-refractivity contribution in [2.45, 2.75) is 20.4 Å². The van der Waals surface area contributed by atoms with Gasteiger partial charge in [0.2, 0.25) is 5.78 Å². The van der Waals surface area contributed by atoms with Crippen molar-refractivity contribution in [1.29, 1.82) is 0 Å². The molecule has 1 aromatic carbocycles. The molecule has 0 spiro atoms. The molecule has 3 nitrogen and oxygen atoms in total. The topological polar surface area (TPSA) is 34.9 Å². The quantitative estimate of drug-likeness (QED) is 0.804. The molecule has 0 unspecified atom stereocenters. The molecule has 0 radical (unpaired) electrons. The van der Waals surface area contributed by atoms with Gasteiger partial charge in [-0.1, -0.05) is 35.3 Å². The summed E-state index contributed by atoms with van der Waals surface area (Å²) >= 11 is 12.2. The lowest BCUT2D eigenvalue weighted by Crippen LogP contribution is -2.11. The average Bonchev–Trinajstić information content (AvgIpc) is 2.73. The Balaban J connectivity index is 2.55. The zero-order valence-electron chi connectivity index (χ0n) is 10.1. The largest absolute Gasteiger partial charge is 0.287 e. The first kappa shape index (κ1) is 13.1. The van der Waals surface area contributed by atoms with E-state index in [1.165, 1.54) is 6.20 Å². The maximum absolute atomic E-state index is 12.5. The molecule has 0 saturated heterocycles. The van der Waals surface area contributed by atoms with Gasteiger partial charge in [0.1, 0.15) is 5.69 Å². The van der Waals surface area contributed by atoms with Gasteiger partial charge in [0.25, 0.3) is 0 Å². The van der Waals surface area contributed by atoms with Crippen LogP contribution in [0, 0.1) is 6.92 Å². The molecule has 0 aliphatic carbocycles. The Kier molecular flexibility index (Phi) is 3.73. The molecule has 5 heteroatoms. The van der Waals surface area contributed by atoms with Crippen LogP contribution in [0.3, 0.4) is 0 Å². The molecule has 1 aromatic heterocycles. The van der Waals surface area contributed by atoms with Gasteiger partial charge in [0, 0.05) is 12.1 Å². The van der Waals surface area contributed by atoms with Crippen LogP contribution in [0.5, 0.6) is 0 Å². The third-order valence-electron chi connectivity index (χ3n) is 2.75. The molecule has 0 aliphatic rings. The zero-order chi connectivity index (χ0) is 13.3.